The highest BCUT2D eigenvalue weighted by Gasteiger charge is 2.32. The number of hydrogen-bond donors (Lipinski definition) is 1. The first-order chi connectivity index (χ1) is 13.7. The number of carbonyl (C=O) groups excluding carboxylic acids is 1. The number of benzene rings is 1. The van der Waals surface area contributed by atoms with E-state index in [9.17, 15) is 22.8 Å². The monoisotopic (exact) mass is 427 g/mol. The number of rotatable bonds is 5. The second kappa shape index (κ2) is 8.48. The van der Waals surface area contributed by atoms with Crippen LogP contribution in [0.2, 0.25) is 0 Å². The SMILES string of the molecule is CCc1c(C)nc2n(c1=O)CC(C(=O)NCc1ccccc1OC(F)(F)F)CS2. The van der Waals surface area contributed by atoms with E-state index in [-0.39, 0.29) is 35.9 Å². The third kappa shape index (κ3) is 4.92. The molecule has 1 amide bonds. The summed E-state index contributed by atoms with van der Waals surface area (Å²) < 4.78 is 43.1. The molecule has 1 aliphatic heterocycles. The van der Waals surface area contributed by atoms with Crippen LogP contribution in [0, 0.1) is 12.8 Å². The molecule has 0 aliphatic carbocycles. The molecule has 2 aromatic rings. The molecule has 1 aliphatic rings. The number of carbonyl (C=O) groups is 1. The van der Waals surface area contributed by atoms with Crippen molar-refractivity contribution in [1.82, 2.24) is 14.9 Å². The van der Waals surface area contributed by atoms with Crippen molar-refractivity contribution in [2.45, 2.75) is 44.9 Å². The van der Waals surface area contributed by atoms with Crippen molar-refractivity contribution in [3.05, 3.63) is 51.4 Å². The van der Waals surface area contributed by atoms with Crippen LogP contribution >= 0.6 is 11.8 Å². The van der Waals surface area contributed by atoms with Crippen LogP contribution in [0.3, 0.4) is 0 Å². The van der Waals surface area contributed by atoms with Gasteiger partial charge in [0.1, 0.15) is 5.75 Å². The van der Waals surface area contributed by atoms with Crippen LogP contribution in [0.4, 0.5) is 13.2 Å². The van der Waals surface area contributed by atoms with Gasteiger partial charge in [-0.1, -0.05) is 36.9 Å². The Balaban J connectivity index is 1.70. The fourth-order valence-corrected chi connectivity index (χ4v) is 4.28. The smallest absolute Gasteiger partial charge is 0.405 e. The second-order valence-corrected chi connectivity index (χ2v) is 7.60. The summed E-state index contributed by atoms with van der Waals surface area (Å²) in [6.45, 7) is 3.74. The van der Waals surface area contributed by atoms with Gasteiger partial charge in [-0.2, -0.15) is 0 Å². The van der Waals surface area contributed by atoms with Gasteiger partial charge in [-0.15, -0.1) is 13.2 Å². The Hall–Kier alpha value is -2.49. The van der Waals surface area contributed by atoms with Crippen molar-refractivity contribution in [1.29, 1.82) is 0 Å². The van der Waals surface area contributed by atoms with Gasteiger partial charge in [-0.05, 0) is 19.4 Å². The molecule has 1 N–H and O–H groups in total. The zero-order valence-electron chi connectivity index (χ0n) is 15.9. The van der Waals surface area contributed by atoms with Crippen molar-refractivity contribution < 1.29 is 22.7 Å². The number of alkyl halides is 3. The molecule has 0 spiro atoms. The number of fused-ring (bicyclic) bond motifs is 1. The van der Waals surface area contributed by atoms with Crippen LogP contribution in [0.1, 0.15) is 23.7 Å². The van der Waals surface area contributed by atoms with Gasteiger partial charge < -0.3 is 10.1 Å². The third-order valence-corrected chi connectivity index (χ3v) is 5.77. The Morgan fingerprint density at radius 1 is 1.38 bits per heavy atom. The van der Waals surface area contributed by atoms with Gasteiger partial charge in [0.2, 0.25) is 5.91 Å². The van der Waals surface area contributed by atoms with E-state index in [1.165, 1.54) is 34.5 Å². The molecule has 10 heteroatoms. The predicted molar refractivity (Wildman–Crippen MR) is 102 cm³/mol. The summed E-state index contributed by atoms with van der Waals surface area (Å²) in [6.07, 6.45) is -4.26. The Morgan fingerprint density at radius 3 is 2.79 bits per heavy atom. The van der Waals surface area contributed by atoms with Gasteiger partial charge in [0.05, 0.1) is 5.92 Å². The van der Waals surface area contributed by atoms with E-state index in [1.807, 2.05) is 6.92 Å². The molecule has 1 unspecified atom stereocenters. The van der Waals surface area contributed by atoms with Crippen molar-refractivity contribution in [2.75, 3.05) is 5.75 Å². The van der Waals surface area contributed by atoms with Gasteiger partial charge in [-0.3, -0.25) is 14.2 Å². The predicted octanol–water partition coefficient (Wildman–Crippen LogP) is 3.05. The minimum Gasteiger partial charge on any atom is -0.405 e. The van der Waals surface area contributed by atoms with Crippen molar-refractivity contribution in [2.24, 2.45) is 5.92 Å². The van der Waals surface area contributed by atoms with Crippen LogP contribution in [0.15, 0.2) is 34.2 Å². The van der Waals surface area contributed by atoms with Crippen LogP contribution in [0.5, 0.6) is 5.75 Å². The average molecular weight is 427 g/mol. The lowest BCUT2D eigenvalue weighted by Crippen LogP contribution is -2.40. The molecule has 29 heavy (non-hydrogen) atoms. The van der Waals surface area contributed by atoms with Gasteiger partial charge >= 0.3 is 6.36 Å². The summed E-state index contributed by atoms with van der Waals surface area (Å²) in [6, 6.07) is 5.64. The van der Waals surface area contributed by atoms with Crippen LogP contribution in [-0.4, -0.2) is 27.6 Å². The van der Waals surface area contributed by atoms with E-state index < -0.39 is 12.3 Å². The summed E-state index contributed by atoms with van der Waals surface area (Å²) in [5, 5.41) is 3.23. The lowest BCUT2D eigenvalue weighted by Gasteiger charge is -2.25. The molecule has 3 rings (SSSR count). The zero-order chi connectivity index (χ0) is 21.2. The summed E-state index contributed by atoms with van der Waals surface area (Å²) in [7, 11) is 0. The van der Waals surface area contributed by atoms with Crippen LogP contribution in [-0.2, 0) is 24.3 Å². The van der Waals surface area contributed by atoms with Crippen molar-refractivity contribution in [3.63, 3.8) is 0 Å². The van der Waals surface area contributed by atoms with E-state index >= 15 is 0 Å². The molecule has 2 heterocycles. The van der Waals surface area contributed by atoms with Gasteiger partial charge in [0.25, 0.3) is 5.56 Å². The maximum atomic E-state index is 12.6. The highest BCUT2D eigenvalue weighted by Crippen LogP contribution is 2.28. The molecule has 6 nitrogen and oxygen atoms in total. The highest BCUT2D eigenvalue weighted by molar-refractivity contribution is 7.99. The summed E-state index contributed by atoms with van der Waals surface area (Å²) in [4.78, 5) is 29.7. The Bertz CT molecular complexity index is 975. The number of para-hydroxylation sites is 1. The lowest BCUT2D eigenvalue weighted by atomic mass is 10.1. The maximum absolute atomic E-state index is 12.6. The highest BCUT2D eigenvalue weighted by atomic mass is 32.2. The van der Waals surface area contributed by atoms with E-state index in [2.05, 4.69) is 15.0 Å². The molecule has 0 bridgehead atoms. The van der Waals surface area contributed by atoms with Crippen LogP contribution < -0.4 is 15.6 Å². The minimum atomic E-state index is -4.81. The Morgan fingerprint density at radius 2 is 2.10 bits per heavy atom. The van der Waals surface area contributed by atoms with Gasteiger partial charge in [0.15, 0.2) is 5.16 Å². The molecular formula is C19H20F3N3O3S. The summed E-state index contributed by atoms with van der Waals surface area (Å²) >= 11 is 1.32. The fraction of sp³-hybridized carbons (Fsp3) is 0.421. The topological polar surface area (TPSA) is 73.2 Å². The van der Waals surface area contributed by atoms with E-state index in [4.69, 9.17) is 0 Å². The Kier molecular flexibility index (Phi) is 6.21. The molecule has 1 atom stereocenters. The molecule has 156 valence electrons. The molecular weight excluding hydrogens is 407 g/mol. The number of ether oxygens (including phenoxy) is 1. The van der Waals surface area contributed by atoms with Crippen LogP contribution in [0.25, 0.3) is 0 Å². The average Bonchev–Trinajstić information content (AvgIpc) is 2.66. The van der Waals surface area contributed by atoms with Gasteiger partial charge in [-0.25, -0.2) is 4.98 Å². The second-order valence-electron chi connectivity index (χ2n) is 6.61. The number of halogens is 3. The third-order valence-electron chi connectivity index (χ3n) is 4.63. The molecule has 0 saturated carbocycles. The fourth-order valence-electron chi connectivity index (χ4n) is 3.16. The number of aryl methyl sites for hydroxylation is 1. The molecule has 0 radical (unpaired) electrons. The van der Waals surface area contributed by atoms with E-state index in [1.54, 1.807) is 13.0 Å². The number of nitrogens with zero attached hydrogens (tertiary/aromatic N) is 2. The Labute approximate surface area is 169 Å². The quantitative estimate of drug-likeness (QED) is 0.743. The number of aromatic nitrogens is 2. The maximum Gasteiger partial charge on any atom is 0.573 e. The molecule has 0 saturated heterocycles. The van der Waals surface area contributed by atoms with E-state index in [0.29, 0.717) is 28.6 Å². The minimum absolute atomic E-state index is 0.111. The zero-order valence-corrected chi connectivity index (χ0v) is 16.7. The van der Waals surface area contributed by atoms with E-state index in [0.717, 1.165) is 0 Å². The van der Waals surface area contributed by atoms with Crippen molar-refractivity contribution >= 4 is 17.7 Å². The number of amides is 1. The summed E-state index contributed by atoms with van der Waals surface area (Å²) in [5.41, 5.74) is 1.38. The number of thioether (sulfide) groups is 1. The molecule has 1 aromatic heterocycles. The number of nitrogens with one attached hydrogen (secondary N) is 1. The first-order valence-electron chi connectivity index (χ1n) is 9.04. The lowest BCUT2D eigenvalue weighted by molar-refractivity contribution is -0.274. The largest absolute Gasteiger partial charge is 0.573 e. The molecule has 0 fully saturated rings. The first-order valence-corrected chi connectivity index (χ1v) is 10.0. The standard InChI is InChI=1S/C19H20F3N3O3S/c1-3-14-11(2)24-18-25(17(14)27)9-13(10-29-18)16(26)23-8-12-6-4-5-7-15(12)28-19(20,21)22/h4-7,13H,3,8-10H2,1-2H3,(H,23,26). The normalized spacial score (nSPS) is 16.2. The molecule has 1 aromatic carbocycles. The van der Waals surface area contributed by atoms with Gasteiger partial charge in [0, 0.05) is 35.7 Å². The first kappa shape index (κ1) is 21.2. The number of hydrogen-bond acceptors (Lipinski definition) is 5. The summed E-state index contributed by atoms with van der Waals surface area (Å²) in [5.74, 6) is -0.748. The van der Waals surface area contributed by atoms with Crippen molar-refractivity contribution in [3.8, 4) is 5.75 Å².